The first-order valence-electron chi connectivity index (χ1n) is 5.49. The van der Waals surface area contributed by atoms with Crippen molar-refractivity contribution < 1.29 is 9.34 Å². The van der Waals surface area contributed by atoms with Crippen molar-refractivity contribution in [1.29, 1.82) is 0 Å². The highest BCUT2D eigenvalue weighted by Gasteiger charge is 2.08. The first-order valence-corrected chi connectivity index (χ1v) is 7.02. The van der Waals surface area contributed by atoms with Crippen LogP contribution in [-0.4, -0.2) is 29.3 Å². The van der Waals surface area contributed by atoms with E-state index >= 15 is 0 Å². The molecule has 1 heterocycles. The van der Waals surface area contributed by atoms with E-state index in [1.165, 1.54) is 0 Å². The van der Waals surface area contributed by atoms with Crippen molar-refractivity contribution >= 4 is 23.4 Å². The average Bonchev–Trinajstić information content (AvgIpc) is 2.65. The van der Waals surface area contributed by atoms with Gasteiger partial charge in [0.15, 0.2) is 11.7 Å². The SMILES string of the molecule is CN/C(=C/[N+](=O)[O-])NCCSCc1nc(C)oc1Cl. The van der Waals surface area contributed by atoms with Crippen LogP contribution in [0.3, 0.4) is 0 Å². The molecule has 0 radical (unpaired) electrons. The van der Waals surface area contributed by atoms with Crippen LogP contribution >= 0.6 is 23.4 Å². The maximum Gasteiger partial charge on any atom is 0.274 e. The molecule has 0 aromatic carbocycles. The van der Waals surface area contributed by atoms with Gasteiger partial charge in [-0.1, -0.05) is 0 Å². The van der Waals surface area contributed by atoms with Gasteiger partial charge in [0, 0.05) is 32.0 Å². The molecular formula is C10H15ClN4O3S. The Bertz CT molecular complexity index is 464. The lowest BCUT2D eigenvalue weighted by molar-refractivity contribution is -0.404. The molecule has 1 aromatic rings. The van der Waals surface area contributed by atoms with Crippen molar-refractivity contribution in [2.75, 3.05) is 19.3 Å². The van der Waals surface area contributed by atoms with Crippen molar-refractivity contribution in [1.82, 2.24) is 15.6 Å². The highest BCUT2D eigenvalue weighted by Crippen LogP contribution is 2.21. The lowest BCUT2D eigenvalue weighted by Gasteiger charge is -2.06. The summed E-state index contributed by atoms with van der Waals surface area (Å²) in [6.45, 7) is 2.34. The van der Waals surface area contributed by atoms with Gasteiger partial charge >= 0.3 is 0 Å². The molecule has 0 aliphatic heterocycles. The van der Waals surface area contributed by atoms with Crippen LogP contribution in [0.25, 0.3) is 0 Å². The van der Waals surface area contributed by atoms with Crippen LogP contribution in [-0.2, 0) is 5.75 Å². The number of thioether (sulfide) groups is 1. The van der Waals surface area contributed by atoms with E-state index in [1.807, 2.05) is 0 Å². The van der Waals surface area contributed by atoms with Gasteiger partial charge in [0.2, 0.25) is 5.22 Å². The maximum absolute atomic E-state index is 10.3. The molecule has 0 saturated heterocycles. The van der Waals surface area contributed by atoms with E-state index in [-0.39, 0.29) is 0 Å². The molecule has 0 bridgehead atoms. The van der Waals surface area contributed by atoms with Gasteiger partial charge in [0.05, 0.1) is 4.92 Å². The van der Waals surface area contributed by atoms with E-state index in [9.17, 15) is 10.1 Å². The molecule has 7 nitrogen and oxygen atoms in total. The van der Waals surface area contributed by atoms with Gasteiger partial charge in [-0.3, -0.25) is 10.1 Å². The fraction of sp³-hybridized carbons (Fsp3) is 0.500. The molecule has 1 aromatic heterocycles. The zero-order valence-corrected chi connectivity index (χ0v) is 12.2. The van der Waals surface area contributed by atoms with Crippen molar-refractivity contribution in [3.63, 3.8) is 0 Å². The molecule has 0 amide bonds. The minimum absolute atomic E-state index is 0.321. The quantitative estimate of drug-likeness (QED) is 0.429. The van der Waals surface area contributed by atoms with E-state index < -0.39 is 4.92 Å². The van der Waals surface area contributed by atoms with E-state index in [0.717, 1.165) is 17.6 Å². The van der Waals surface area contributed by atoms with Crippen molar-refractivity contribution in [2.24, 2.45) is 0 Å². The fourth-order valence-corrected chi connectivity index (χ4v) is 2.34. The number of aryl methyl sites for hydroxylation is 1. The number of hydrogen-bond acceptors (Lipinski definition) is 7. The molecule has 0 unspecified atom stereocenters. The molecule has 1 rings (SSSR count). The Labute approximate surface area is 119 Å². The van der Waals surface area contributed by atoms with E-state index in [2.05, 4.69) is 15.6 Å². The van der Waals surface area contributed by atoms with Gasteiger partial charge in [-0.05, 0) is 11.6 Å². The zero-order chi connectivity index (χ0) is 14.3. The first-order chi connectivity index (χ1) is 9.02. The van der Waals surface area contributed by atoms with Gasteiger partial charge in [-0.15, -0.1) is 0 Å². The third kappa shape index (κ3) is 5.84. The molecule has 0 aliphatic rings. The number of aromatic nitrogens is 1. The maximum atomic E-state index is 10.3. The standard InChI is InChI=1S/C10H15ClN4O3S/c1-7-14-8(10(11)18-7)6-19-4-3-13-9(12-2)5-15(16)17/h5,12-13H,3-4,6H2,1-2H3/b9-5-. The summed E-state index contributed by atoms with van der Waals surface area (Å²) in [5.74, 6) is 2.33. The van der Waals surface area contributed by atoms with E-state index in [4.69, 9.17) is 16.0 Å². The predicted octanol–water partition coefficient (Wildman–Crippen LogP) is 1.75. The Balaban J connectivity index is 2.24. The summed E-state index contributed by atoms with van der Waals surface area (Å²) in [5.41, 5.74) is 0.721. The van der Waals surface area contributed by atoms with Crippen LogP contribution in [0.5, 0.6) is 0 Å². The topological polar surface area (TPSA) is 93.2 Å². The number of nitrogens with zero attached hydrogens (tertiary/aromatic N) is 2. The van der Waals surface area contributed by atoms with Crippen LogP contribution in [0, 0.1) is 17.0 Å². The van der Waals surface area contributed by atoms with Gasteiger partial charge in [-0.2, -0.15) is 11.8 Å². The molecule has 0 saturated carbocycles. The van der Waals surface area contributed by atoms with Crippen LogP contribution in [0.15, 0.2) is 16.4 Å². The predicted molar refractivity (Wildman–Crippen MR) is 74.6 cm³/mol. The highest BCUT2D eigenvalue weighted by molar-refractivity contribution is 7.98. The number of halogens is 1. The monoisotopic (exact) mass is 306 g/mol. The van der Waals surface area contributed by atoms with Gasteiger partial charge in [-0.25, -0.2) is 4.98 Å². The number of rotatable bonds is 8. The smallest absolute Gasteiger partial charge is 0.274 e. The third-order valence-electron chi connectivity index (χ3n) is 2.06. The van der Waals surface area contributed by atoms with Crippen molar-refractivity contribution in [2.45, 2.75) is 12.7 Å². The molecule has 2 N–H and O–H groups in total. The second kappa shape index (κ2) is 7.90. The summed E-state index contributed by atoms with van der Waals surface area (Å²) in [5, 5.41) is 16.2. The second-order valence-corrected chi connectivity index (χ2v) is 4.96. The Morgan fingerprint density at radius 2 is 2.42 bits per heavy atom. The summed E-state index contributed by atoms with van der Waals surface area (Å²) >= 11 is 7.45. The van der Waals surface area contributed by atoms with Gasteiger partial charge in [0.25, 0.3) is 6.20 Å². The molecule has 9 heteroatoms. The Hall–Kier alpha value is -1.41. The summed E-state index contributed by atoms with van der Waals surface area (Å²) in [6, 6.07) is 0. The Morgan fingerprint density at radius 3 is 2.95 bits per heavy atom. The minimum Gasteiger partial charge on any atom is -0.429 e. The van der Waals surface area contributed by atoms with Crippen LogP contribution < -0.4 is 10.6 Å². The summed E-state index contributed by atoms with van der Waals surface area (Å²) in [7, 11) is 1.62. The second-order valence-electron chi connectivity index (χ2n) is 3.51. The largest absolute Gasteiger partial charge is 0.429 e. The van der Waals surface area contributed by atoms with Crippen LogP contribution in [0.2, 0.25) is 5.22 Å². The van der Waals surface area contributed by atoms with Gasteiger partial charge < -0.3 is 15.1 Å². The molecule has 19 heavy (non-hydrogen) atoms. The molecule has 0 fully saturated rings. The van der Waals surface area contributed by atoms with Crippen LogP contribution in [0.4, 0.5) is 0 Å². The van der Waals surface area contributed by atoms with Crippen molar-refractivity contribution in [3.05, 3.63) is 38.9 Å². The summed E-state index contributed by atoms with van der Waals surface area (Å²) < 4.78 is 5.10. The first kappa shape index (κ1) is 15.6. The zero-order valence-electron chi connectivity index (χ0n) is 10.6. The molecule has 106 valence electrons. The summed E-state index contributed by atoms with van der Waals surface area (Å²) in [4.78, 5) is 13.9. The molecule has 0 atom stereocenters. The van der Waals surface area contributed by atoms with Gasteiger partial charge in [0.1, 0.15) is 5.69 Å². The molecular weight excluding hydrogens is 292 g/mol. The van der Waals surface area contributed by atoms with E-state index in [1.54, 1.807) is 25.7 Å². The number of nitro groups is 1. The van der Waals surface area contributed by atoms with Crippen LogP contribution in [0.1, 0.15) is 11.6 Å². The average molecular weight is 307 g/mol. The molecule has 0 spiro atoms. The van der Waals surface area contributed by atoms with E-state index in [0.29, 0.717) is 29.2 Å². The minimum atomic E-state index is -0.510. The normalized spacial score (nSPS) is 11.4. The fourth-order valence-electron chi connectivity index (χ4n) is 1.27. The summed E-state index contributed by atoms with van der Waals surface area (Å²) in [6.07, 6.45) is 0.891. The lowest BCUT2D eigenvalue weighted by Crippen LogP contribution is -2.26. The molecule has 0 aliphatic carbocycles. The Kier molecular flexibility index (Phi) is 6.51. The number of hydrogen-bond donors (Lipinski definition) is 2. The number of nitrogens with one attached hydrogen (secondary N) is 2. The van der Waals surface area contributed by atoms with Crippen molar-refractivity contribution in [3.8, 4) is 0 Å². The highest BCUT2D eigenvalue weighted by atomic mass is 35.5. The number of oxazole rings is 1. The Morgan fingerprint density at radius 1 is 1.68 bits per heavy atom. The third-order valence-corrected chi connectivity index (χ3v) is 3.33. The lowest BCUT2D eigenvalue weighted by atomic mass is 10.6.